The third-order valence-corrected chi connectivity index (χ3v) is 8.30. The number of nitrogens with zero attached hydrogens (tertiary/aromatic N) is 4. The van der Waals surface area contributed by atoms with Crippen LogP contribution in [0.1, 0.15) is 51.2 Å². The number of aromatic nitrogens is 4. The van der Waals surface area contributed by atoms with Crippen molar-refractivity contribution in [3.8, 4) is 6.01 Å². The maximum Gasteiger partial charge on any atom is 0.328 e. The van der Waals surface area contributed by atoms with Crippen LogP contribution in [-0.4, -0.2) is 91.5 Å². The van der Waals surface area contributed by atoms with Crippen LogP contribution in [-0.2, 0) is 37.0 Å². The molecule has 0 radical (unpaired) electrons. The number of carbonyl (C=O) groups is 4. The summed E-state index contributed by atoms with van der Waals surface area (Å²) >= 11 is 1.47. The van der Waals surface area contributed by atoms with Crippen molar-refractivity contribution in [2.75, 3.05) is 39.1 Å². The monoisotopic (exact) mass is 656 g/mol. The standard InChI is InChI=1S/C30H40N8O7S/c1-30(2,3)46-20-15-23(41)37(27(20)42)12-11-32-21(39)9-10-22(40)33-16-18-5-7-19(8-6-18)17-38-26-24(34-29(38)43)25(31)35-28(36-26)45-14-13-44-4/h5-8,20H,9-17H2,1-4H3,(H,32,39)(H,33,40)(H,34,43)(H2,31,35,36). The minimum absolute atomic E-state index is 0.0125. The van der Waals surface area contributed by atoms with Gasteiger partial charge in [-0.25, -0.2) is 4.79 Å². The lowest BCUT2D eigenvalue weighted by Crippen LogP contribution is -2.39. The van der Waals surface area contributed by atoms with Crippen LogP contribution in [0, 0.1) is 0 Å². The van der Waals surface area contributed by atoms with E-state index in [0.29, 0.717) is 17.8 Å². The summed E-state index contributed by atoms with van der Waals surface area (Å²) in [6.07, 6.45) is 0.127. The quantitative estimate of drug-likeness (QED) is 0.134. The Morgan fingerprint density at radius 3 is 2.39 bits per heavy atom. The number of hydrogen-bond donors (Lipinski definition) is 4. The molecule has 0 saturated carbocycles. The van der Waals surface area contributed by atoms with Crippen molar-refractivity contribution in [3.63, 3.8) is 0 Å². The zero-order chi connectivity index (χ0) is 33.4. The zero-order valence-electron chi connectivity index (χ0n) is 26.4. The van der Waals surface area contributed by atoms with Crippen LogP contribution in [0.2, 0.25) is 0 Å². The first-order valence-corrected chi connectivity index (χ1v) is 15.7. The summed E-state index contributed by atoms with van der Waals surface area (Å²) in [6, 6.07) is 7.37. The Bertz CT molecular complexity index is 1630. The van der Waals surface area contributed by atoms with Crippen LogP contribution in [0.4, 0.5) is 5.82 Å². The Morgan fingerprint density at radius 1 is 1.04 bits per heavy atom. The van der Waals surface area contributed by atoms with Crippen LogP contribution >= 0.6 is 11.8 Å². The number of H-pyrrole nitrogens is 1. The molecular formula is C30H40N8O7S. The van der Waals surface area contributed by atoms with Gasteiger partial charge in [0.1, 0.15) is 12.1 Å². The number of nitrogen functional groups attached to an aromatic ring is 1. The average Bonchev–Trinajstić information content (AvgIpc) is 3.44. The first kappa shape index (κ1) is 34.4. The third-order valence-electron chi connectivity index (χ3n) is 6.94. The molecule has 1 aliphatic heterocycles. The Kier molecular flexibility index (Phi) is 11.4. The van der Waals surface area contributed by atoms with Gasteiger partial charge in [-0.15, -0.1) is 11.8 Å². The maximum atomic E-state index is 12.6. The van der Waals surface area contributed by atoms with Gasteiger partial charge < -0.3 is 30.8 Å². The second kappa shape index (κ2) is 15.2. The van der Waals surface area contributed by atoms with Gasteiger partial charge in [0.05, 0.1) is 18.4 Å². The van der Waals surface area contributed by atoms with Crippen molar-refractivity contribution >= 4 is 52.4 Å². The molecule has 4 rings (SSSR count). The minimum Gasteiger partial charge on any atom is -0.461 e. The number of thioether (sulfide) groups is 1. The highest BCUT2D eigenvalue weighted by Crippen LogP contribution is 2.34. The number of ether oxygens (including phenoxy) is 2. The van der Waals surface area contributed by atoms with E-state index in [1.54, 1.807) is 7.11 Å². The minimum atomic E-state index is -0.400. The number of methoxy groups -OCH3 is 1. The van der Waals surface area contributed by atoms with Crippen LogP contribution in [0.5, 0.6) is 6.01 Å². The lowest BCUT2D eigenvalue weighted by molar-refractivity contribution is -0.138. The number of nitrogens with two attached hydrogens (primary N) is 1. The van der Waals surface area contributed by atoms with E-state index in [1.807, 2.05) is 45.0 Å². The second-order valence-electron chi connectivity index (χ2n) is 11.7. The molecule has 1 fully saturated rings. The van der Waals surface area contributed by atoms with Crippen molar-refractivity contribution in [1.82, 2.24) is 35.1 Å². The molecule has 15 nitrogen and oxygen atoms in total. The molecule has 0 bridgehead atoms. The number of hydrogen-bond acceptors (Lipinski definition) is 11. The molecule has 0 spiro atoms. The summed E-state index contributed by atoms with van der Waals surface area (Å²) in [4.78, 5) is 74.3. The number of likely N-dealkylation sites (tertiary alicyclic amines) is 1. The summed E-state index contributed by atoms with van der Waals surface area (Å²) in [5.74, 6) is -1.00. The van der Waals surface area contributed by atoms with Crippen molar-refractivity contribution < 1.29 is 28.7 Å². The highest BCUT2D eigenvalue weighted by atomic mass is 32.2. The number of nitrogens with one attached hydrogen (secondary N) is 3. The van der Waals surface area contributed by atoms with Crippen molar-refractivity contribution in [3.05, 3.63) is 45.9 Å². The van der Waals surface area contributed by atoms with Gasteiger partial charge in [0.15, 0.2) is 11.5 Å². The third kappa shape index (κ3) is 9.29. The molecule has 5 N–H and O–H groups in total. The van der Waals surface area contributed by atoms with Gasteiger partial charge in [0.2, 0.25) is 23.6 Å². The normalized spacial score (nSPS) is 15.0. The number of aromatic amines is 1. The zero-order valence-corrected chi connectivity index (χ0v) is 27.2. The summed E-state index contributed by atoms with van der Waals surface area (Å²) in [6.45, 7) is 7.25. The van der Waals surface area contributed by atoms with Crippen molar-refractivity contribution in [2.45, 2.75) is 63.1 Å². The van der Waals surface area contributed by atoms with Crippen molar-refractivity contribution in [2.24, 2.45) is 0 Å². The maximum absolute atomic E-state index is 12.6. The Hall–Kier alpha value is -4.44. The van der Waals surface area contributed by atoms with Crippen LogP contribution in [0.15, 0.2) is 29.1 Å². The first-order chi connectivity index (χ1) is 21.8. The topological polar surface area (TPSA) is 204 Å². The van der Waals surface area contributed by atoms with E-state index >= 15 is 0 Å². The van der Waals surface area contributed by atoms with E-state index in [9.17, 15) is 24.0 Å². The predicted octanol–water partition coefficient (Wildman–Crippen LogP) is 0.947. The molecule has 2 aromatic heterocycles. The molecule has 1 saturated heterocycles. The molecule has 1 atom stereocenters. The fourth-order valence-electron chi connectivity index (χ4n) is 4.72. The molecule has 16 heteroatoms. The second-order valence-corrected chi connectivity index (χ2v) is 13.7. The Morgan fingerprint density at radius 2 is 1.72 bits per heavy atom. The van der Waals surface area contributed by atoms with Gasteiger partial charge in [0, 0.05) is 50.8 Å². The molecule has 3 heterocycles. The molecule has 0 aliphatic carbocycles. The Balaban J connectivity index is 1.20. The number of imidazole rings is 1. The lowest BCUT2D eigenvalue weighted by atomic mass is 10.1. The van der Waals surface area contributed by atoms with Gasteiger partial charge in [-0.1, -0.05) is 45.0 Å². The SMILES string of the molecule is COCCOc1nc(N)c2[nH]c(=O)n(Cc3ccc(CNC(=O)CCC(=O)NCCN4C(=O)CC(SC(C)(C)C)C4=O)cc3)c2n1. The number of fused-ring (bicyclic) bond motifs is 1. The number of anilines is 1. The lowest BCUT2D eigenvalue weighted by Gasteiger charge is -2.21. The molecular weight excluding hydrogens is 616 g/mol. The molecule has 4 amide bonds. The number of rotatable bonds is 15. The fourth-order valence-corrected chi connectivity index (χ4v) is 6.03. The van der Waals surface area contributed by atoms with Gasteiger partial charge in [-0.2, -0.15) is 9.97 Å². The molecule has 3 aromatic rings. The van der Waals surface area contributed by atoms with E-state index in [4.69, 9.17) is 15.2 Å². The highest BCUT2D eigenvalue weighted by molar-refractivity contribution is 8.01. The Labute approximate surface area is 270 Å². The fraction of sp³-hybridized carbons (Fsp3) is 0.500. The first-order valence-electron chi connectivity index (χ1n) is 14.9. The van der Waals surface area contributed by atoms with Gasteiger partial charge in [-0.3, -0.25) is 28.6 Å². The highest BCUT2D eigenvalue weighted by Gasteiger charge is 2.40. The van der Waals surface area contributed by atoms with E-state index in [1.165, 1.54) is 21.2 Å². The van der Waals surface area contributed by atoms with Crippen molar-refractivity contribution in [1.29, 1.82) is 0 Å². The number of imide groups is 1. The summed E-state index contributed by atoms with van der Waals surface area (Å²) in [5, 5.41) is 5.06. The summed E-state index contributed by atoms with van der Waals surface area (Å²) in [7, 11) is 1.54. The van der Waals surface area contributed by atoms with Crippen LogP contribution in [0.25, 0.3) is 11.2 Å². The van der Waals surface area contributed by atoms with E-state index in [2.05, 4.69) is 25.6 Å². The summed E-state index contributed by atoms with van der Waals surface area (Å²) in [5.41, 5.74) is 7.88. The van der Waals surface area contributed by atoms with E-state index < -0.39 is 10.9 Å². The molecule has 1 aliphatic rings. The van der Waals surface area contributed by atoms with Gasteiger partial charge in [0.25, 0.3) is 0 Å². The number of carbonyl (C=O) groups excluding carboxylic acids is 4. The molecule has 46 heavy (non-hydrogen) atoms. The van der Waals surface area contributed by atoms with Gasteiger partial charge >= 0.3 is 11.7 Å². The largest absolute Gasteiger partial charge is 0.461 e. The number of amides is 4. The number of benzene rings is 1. The van der Waals surface area contributed by atoms with E-state index in [0.717, 1.165) is 11.1 Å². The smallest absolute Gasteiger partial charge is 0.328 e. The summed E-state index contributed by atoms with van der Waals surface area (Å²) < 4.78 is 11.7. The predicted molar refractivity (Wildman–Crippen MR) is 172 cm³/mol. The van der Waals surface area contributed by atoms with Crippen LogP contribution < -0.4 is 26.8 Å². The molecule has 1 unspecified atom stereocenters. The van der Waals surface area contributed by atoms with E-state index in [-0.39, 0.29) is 92.3 Å². The van der Waals surface area contributed by atoms with Gasteiger partial charge in [-0.05, 0) is 11.1 Å². The average molecular weight is 657 g/mol. The molecule has 1 aromatic carbocycles. The van der Waals surface area contributed by atoms with Crippen LogP contribution in [0.3, 0.4) is 0 Å². The molecule has 248 valence electrons.